The Morgan fingerprint density at radius 3 is 2.24 bits per heavy atom. The third-order valence-electron chi connectivity index (χ3n) is 2.69. The molecule has 0 N–H and O–H groups in total. The van der Waals surface area contributed by atoms with E-state index < -0.39 is 0 Å². The number of rotatable bonds is 4. The van der Waals surface area contributed by atoms with Crippen LogP contribution in [0, 0.1) is 0 Å². The number of Topliss-reactive ketones (excluding diaryl/α,β-unsaturated/α-hetero) is 1. The molecule has 0 aromatic heterocycles. The number of hydrogen-bond acceptors (Lipinski definition) is 2. The van der Waals surface area contributed by atoms with Crippen molar-refractivity contribution in [1.29, 1.82) is 0 Å². The fourth-order valence-corrected chi connectivity index (χ4v) is 1.71. The molecule has 0 aliphatic heterocycles. The molecule has 1 aromatic carbocycles. The van der Waals surface area contributed by atoms with Gasteiger partial charge in [-0.15, -0.1) is 0 Å². The Balaban J connectivity index is 3.12. The standard InChI is InChI=1S/C14H16ClNO/c1-5-14(11(3)17)10(2)16(4)13-8-6-12(15)7-9-13/h5-9H,1H2,2-4H3/b14-10+. The lowest BCUT2D eigenvalue weighted by atomic mass is 10.1. The molecule has 0 saturated carbocycles. The molecule has 90 valence electrons. The summed E-state index contributed by atoms with van der Waals surface area (Å²) in [5, 5.41) is 0.694. The van der Waals surface area contributed by atoms with Crippen molar-refractivity contribution in [1.82, 2.24) is 0 Å². The molecule has 1 rings (SSSR count). The van der Waals surface area contributed by atoms with Crippen LogP contribution < -0.4 is 4.90 Å². The van der Waals surface area contributed by atoms with Crippen molar-refractivity contribution in [3.63, 3.8) is 0 Å². The number of carbonyl (C=O) groups is 1. The van der Waals surface area contributed by atoms with Crippen LogP contribution in [0.5, 0.6) is 0 Å². The molecule has 2 nitrogen and oxygen atoms in total. The molecule has 0 aliphatic carbocycles. The fourth-order valence-electron chi connectivity index (χ4n) is 1.59. The molecule has 0 heterocycles. The van der Waals surface area contributed by atoms with Gasteiger partial charge in [0.1, 0.15) is 0 Å². The second-order valence-electron chi connectivity index (χ2n) is 3.79. The average Bonchev–Trinajstić information content (AvgIpc) is 2.29. The minimum Gasteiger partial charge on any atom is -0.348 e. The van der Waals surface area contributed by atoms with E-state index in [2.05, 4.69) is 6.58 Å². The second kappa shape index (κ2) is 5.69. The lowest BCUT2D eigenvalue weighted by Gasteiger charge is -2.22. The van der Waals surface area contributed by atoms with Crippen LogP contribution in [0.25, 0.3) is 0 Å². The number of nitrogens with zero attached hydrogens (tertiary/aromatic N) is 1. The van der Waals surface area contributed by atoms with Crippen molar-refractivity contribution >= 4 is 23.1 Å². The van der Waals surface area contributed by atoms with Crippen LogP contribution >= 0.6 is 11.6 Å². The number of halogens is 1. The SMILES string of the molecule is C=C/C(C(C)=O)=C(/C)N(C)c1ccc(Cl)cc1. The van der Waals surface area contributed by atoms with Crippen LogP contribution in [-0.4, -0.2) is 12.8 Å². The zero-order chi connectivity index (χ0) is 13.0. The zero-order valence-electron chi connectivity index (χ0n) is 10.3. The van der Waals surface area contributed by atoms with Crippen molar-refractivity contribution in [2.75, 3.05) is 11.9 Å². The maximum absolute atomic E-state index is 11.4. The molecule has 0 fully saturated rings. The van der Waals surface area contributed by atoms with Gasteiger partial charge in [0.15, 0.2) is 5.78 Å². The lowest BCUT2D eigenvalue weighted by molar-refractivity contribution is -0.113. The minimum atomic E-state index is 0.0123. The van der Waals surface area contributed by atoms with E-state index in [4.69, 9.17) is 11.6 Å². The van der Waals surface area contributed by atoms with Crippen molar-refractivity contribution < 1.29 is 4.79 Å². The van der Waals surface area contributed by atoms with Gasteiger partial charge in [-0.3, -0.25) is 4.79 Å². The summed E-state index contributed by atoms with van der Waals surface area (Å²) in [4.78, 5) is 13.4. The first kappa shape index (κ1) is 13.5. The van der Waals surface area contributed by atoms with Crippen LogP contribution in [0.1, 0.15) is 13.8 Å². The minimum absolute atomic E-state index is 0.0123. The van der Waals surface area contributed by atoms with Crippen LogP contribution in [0.3, 0.4) is 0 Å². The monoisotopic (exact) mass is 249 g/mol. The number of anilines is 1. The summed E-state index contributed by atoms with van der Waals surface area (Å²) in [6, 6.07) is 7.46. The van der Waals surface area contributed by atoms with Crippen LogP contribution in [0.4, 0.5) is 5.69 Å². The molecule has 0 amide bonds. The van der Waals surface area contributed by atoms with E-state index in [-0.39, 0.29) is 5.78 Å². The molecule has 0 atom stereocenters. The molecule has 0 spiro atoms. The van der Waals surface area contributed by atoms with E-state index in [1.807, 2.05) is 43.1 Å². The number of benzene rings is 1. The van der Waals surface area contributed by atoms with Gasteiger partial charge >= 0.3 is 0 Å². The van der Waals surface area contributed by atoms with Gasteiger partial charge in [-0.05, 0) is 38.1 Å². The van der Waals surface area contributed by atoms with E-state index in [1.54, 1.807) is 6.08 Å². The quantitative estimate of drug-likeness (QED) is 0.597. The van der Waals surface area contributed by atoms with Crippen LogP contribution in [-0.2, 0) is 4.79 Å². The molecule has 0 saturated heterocycles. The molecule has 0 aliphatic rings. The summed E-state index contributed by atoms with van der Waals surface area (Å²) in [6.45, 7) is 7.10. The highest BCUT2D eigenvalue weighted by Crippen LogP contribution is 2.22. The Hall–Kier alpha value is -1.54. The summed E-state index contributed by atoms with van der Waals surface area (Å²) in [5.41, 5.74) is 2.48. The van der Waals surface area contributed by atoms with Crippen molar-refractivity contribution in [2.45, 2.75) is 13.8 Å². The predicted octanol–water partition coefficient (Wildman–Crippen LogP) is 3.83. The van der Waals surface area contributed by atoms with E-state index >= 15 is 0 Å². The Morgan fingerprint density at radius 2 is 1.82 bits per heavy atom. The summed E-state index contributed by atoms with van der Waals surface area (Å²) >= 11 is 5.84. The van der Waals surface area contributed by atoms with Gasteiger partial charge in [0.2, 0.25) is 0 Å². The van der Waals surface area contributed by atoms with E-state index in [9.17, 15) is 4.79 Å². The first-order valence-electron chi connectivity index (χ1n) is 5.31. The lowest BCUT2D eigenvalue weighted by Crippen LogP contribution is -2.17. The van der Waals surface area contributed by atoms with Gasteiger partial charge < -0.3 is 4.90 Å². The fraction of sp³-hybridized carbons (Fsp3) is 0.214. The summed E-state index contributed by atoms with van der Waals surface area (Å²) in [6.07, 6.45) is 1.59. The number of hydrogen-bond donors (Lipinski definition) is 0. The maximum Gasteiger partial charge on any atom is 0.161 e. The van der Waals surface area contributed by atoms with Crippen molar-refractivity contribution in [2.24, 2.45) is 0 Å². The summed E-state index contributed by atoms with van der Waals surface area (Å²) in [7, 11) is 1.91. The summed E-state index contributed by atoms with van der Waals surface area (Å²) in [5.74, 6) is 0.0123. The molecule has 3 heteroatoms. The summed E-state index contributed by atoms with van der Waals surface area (Å²) < 4.78 is 0. The molecule has 0 unspecified atom stereocenters. The Kier molecular flexibility index (Phi) is 4.53. The van der Waals surface area contributed by atoms with Gasteiger partial charge in [0.05, 0.1) is 0 Å². The number of allylic oxidation sites excluding steroid dienone is 3. The largest absolute Gasteiger partial charge is 0.348 e. The third kappa shape index (κ3) is 3.21. The molecule has 0 radical (unpaired) electrons. The van der Waals surface area contributed by atoms with Crippen molar-refractivity contribution in [3.05, 3.63) is 53.2 Å². The zero-order valence-corrected chi connectivity index (χ0v) is 11.1. The predicted molar refractivity (Wildman–Crippen MR) is 73.4 cm³/mol. The van der Waals surface area contributed by atoms with Crippen LogP contribution in [0.15, 0.2) is 48.2 Å². The van der Waals surface area contributed by atoms with E-state index in [0.717, 1.165) is 11.4 Å². The highest BCUT2D eigenvalue weighted by Gasteiger charge is 2.09. The normalized spacial score (nSPS) is 11.8. The molecule has 17 heavy (non-hydrogen) atoms. The third-order valence-corrected chi connectivity index (χ3v) is 2.94. The van der Waals surface area contributed by atoms with E-state index in [0.29, 0.717) is 10.6 Å². The Labute approximate surface area is 107 Å². The van der Waals surface area contributed by atoms with E-state index in [1.165, 1.54) is 6.92 Å². The average molecular weight is 250 g/mol. The van der Waals surface area contributed by atoms with Gasteiger partial charge in [-0.25, -0.2) is 0 Å². The van der Waals surface area contributed by atoms with Gasteiger partial charge in [0, 0.05) is 29.0 Å². The molecule has 0 bridgehead atoms. The van der Waals surface area contributed by atoms with Crippen LogP contribution in [0.2, 0.25) is 5.02 Å². The number of ketones is 1. The topological polar surface area (TPSA) is 20.3 Å². The first-order chi connectivity index (χ1) is 7.97. The Morgan fingerprint density at radius 1 is 1.29 bits per heavy atom. The number of carbonyl (C=O) groups excluding carboxylic acids is 1. The molecule has 1 aromatic rings. The maximum atomic E-state index is 11.4. The highest BCUT2D eigenvalue weighted by atomic mass is 35.5. The second-order valence-corrected chi connectivity index (χ2v) is 4.23. The smallest absolute Gasteiger partial charge is 0.161 e. The van der Waals surface area contributed by atoms with Gasteiger partial charge in [0.25, 0.3) is 0 Å². The van der Waals surface area contributed by atoms with Gasteiger partial charge in [-0.2, -0.15) is 0 Å². The first-order valence-corrected chi connectivity index (χ1v) is 5.68. The Bertz CT molecular complexity index is 460. The van der Waals surface area contributed by atoms with Gasteiger partial charge in [-0.1, -0.05) is 24.3 Å². The molecular formula is C14H16ClNO. The molecular weight excluding hydrogens is 234 g/mol. The highest BCUT2D eigenvalue weighted by molar-refractivity contribution is 6.30. The van der Waals surface area contributed by atoms with Crippen molar-refractivity contribution in [3.8, 4) is 0 Å².